The first-order valence-corrected chi connectivity index (χ1v) is 10.7. The monoisotopic (exact) mass is 531 g/mol. The lowest BCUT2D eigenvalue weighted by molar-refractivity contribution is -0.123. The molecule has 0 aromatic heterocycles. The molecule has 1 aliphatic rings. The topological polar surface area (TPSA) is 78.0 Å². The van der Waals surface area contributed by atoms with E-state index < -0.39 is 0 Å². The standard InChI is InChI=1S/C22H37N5O2.HI/c1-5-23-22(25-12-11-24-21(28)17(2)3)26-16-20(27-13-6-7-14-27)18-9-8-10-19(15-18)29-4;/h8-10,15,17,20H,5-7,11-14,16H2,1-4H3,(H,24,28)(H2,23,25,26);1H. The molecular weight excluding hydrogens is 493 g/mol. The van der Waals surface area contributed by atoms with Crippen molar-refractivity contribution >= 4 is 35.8 Å². The third-order valence-electron chi connectivity index (χ3n) is 5.07. The molecule has 1 amide bonds. The fraction of sp³-hybridized carbons (Fsp3) is 0.636. The van der Waals surface area contributed by atoms with E-state index in [-0.39, 0.29) is 41.8 Å². The van der Waals surface area contributed by atoms with Gasteiger partial charge in [-0.1, -0.05) is 26.0 Å². The number of nitrogens with one attached hydrogen (secondary N) is 3. The summed E-state index contributed by atoms with van der Waals surface area (Å²) in [6.07, 6.45) is 2.47. The number of hydrogen-bond donors (Lipinski definition) is 3. The molecule has 0 radical (unpaired) electrons. The molecule has 30 heavy (non-hydrogen) atoms. The number of ether oxygens (including phenoxy) is 1. The molecule has 0 aliphatic carbocycles. The van der Waals surface area contributed by atoms with Crippen LogP contribution in [0, 0.1) is 5.92 Å². The maximum atomic E-state index is 11.7. The number of methoxy groups -OCH3 is 1. The molecule has 1 aromatic carbocycles. The molecule has 1 fully saturated rings. The summed E-state index contributed by atoms with van der Waals surface area (Å²) >= 11 is 0. The maximum absolute atomic E-state index is 11.7. The van der Waals surface area contributed by atoms with E-state index >= 15 is 0 Å². The Morgan fingerprint density at radius 3 is 2.50 bits per heavy atom. The summed E-state index contributed by atoms with van der Waals surface area (Å²) in [5, 5.41) is 9.53. The highest BCUT2D eigenvalue weighted by atomic mass is 127. The Labute approximate surface area is 198 Å². The molecule has 0 bridgehead atoms. The van der Waals surface area contributed by atoms with Crippen molar-refractivity contribution < 1.29 is 9.53 Å². The van der Waals surface area contributed by atoms with E-state index in [0.29, 0.717) is 19.6 Å². The van der Waals surface area contributed by atoms with Gasteiger partial charge in [-0.2, -0.15) is 0 Å². The summed E-state index contributed by atoms with van der Waals surface area (Å²) in [4.78, 5) is 19.0. The van der Waals surface area contributed by atoms with Crippen LogP contribution in [-0.2, 0) is 4.79 Å². The van der Waals surface area contributed by atoms with Gasteiger partial charge in [-0.25, -0.2) is 0 Å². The van der Waals surface area contributed by atoms with Crippen LogP contribution < -0.4 is 20.7 Å². The summed E-state index contributed by atoms with van der Waals surface area (Å²) in [7, 11) is 1.70. The average molecular weight is 531 g/mol. The summed E-state index contributed by atoms with van der Waals surface area (Å²) in [5.41, 5.74) is 1.23. The largest absolute Gasteiger partial charge is 0.497 e. The van der Waals surface area contributed by atoms with E-state index in [1.165, 1.54) is 18.4 Å². The molecule has 2 rings (SSSR count). The molecule has 7 nitrogen and oxygen atoms in total. The lowest BCUT2D eigenvalue weighted by Crippen LogP contribution is -2.42. The fourth-order valence-electron chi connectivity index (χ4n) is 3.42. The summed E-state index contributed by atoms with van der Waals surface area (Å²) in [5.74, 6) is 1.72. The Kier molecular flexibility index (Phi) is 12.8. The molecule has 1 saturated heterocycles. The lowest BCUT2D eigenvalue weighted by Gasteiger charge is -2.27. The third-order valence-corrected chi connectivity index (χ3v) is 5.07. The Hall–Kier alpha value is -1.55. The van der Waals surface area contributed by atoms with Crippen LogP contribution in [0.5, 0.6) is 5.75 Å². The van der Waals surface area contributed by atoms with Gasteiger partial charge in [0, 0.05) is 25.6 Å². The zero-order valence-corrected chi connectivity index (χ0v) is 21.1. The Morgan fingerprint density at radius 1 is 1.17 bits per heavy atom. The number of carbonyl (C=O) groups is 1. The first-order valence-electron chi connectivity index (χ1n) is 10.7. The number of hydrogen-bond acceptors (Lipinski definition) is 4. The van der Waals surface area contributed by atoms with Crippen molar-refractivity contribution in [1.29, 1.82) is 0 Å². The Balaban J connectivity index is 0.00000450. The Morgan fingerprint density at radius 2 is 1.87 bits per heavy atom. The molecule has 1 atom stereocenters. The van der Waals surface area contributed by atoms with Crippen molar-refractivity contribution in [2.75, 3.05) is 46.4 Å². The van der Waals surface area contributed by atoms with E-state index in [0.717, 1.165) is 31.3 Å². The van der Waals surface area contributed by atoms with Gasteiger partial charge in [0.05, 0.1) is 19.7 Å². The minimum atomic E-state index is 0. The van der Waals surface area contributed by atoms with E-state index in [4.69, 9.17) is 9.73 Å². The predicted octanol–water partition coefficient (Wildman–Crippen LogP) is 2.78. The van der Waals surface area contributed by atoms with Crippen LogP contribution >= 0.6 is 24.0 Å². The number of nitrogens with zero attached hydrogens (tertiary/aromatic N) is 2. The van der Waals surface area contributed by atoms with Gasteiger partial charge in [0.1, 0.15) is 5.75 Å². The van der Waals surface area contributed by atoms with Crippen LogP contribution in [0.1, 0.15) is 45.2 Å². The molecule has 3 N–H and O–H groups in total. The molecule has 1 unspecified atom stereocenters. The molecule has 0 saturated carbocycles. The zero-order chi connectivity index (χ0) is 21.1. The van der Waals surface area contributed by atoms with Crippen LogP contribution in [-0.4, -0.2) is 63.1 Å². The first kappa shape index (κ1) is 26.5. The highest BCUT2D eigenvalue weighted by Gasteiger charge is 2.23. The van der Waals surface area contributed by atoms with E-state index in [2.05, 4.69) is 39.9 Å². The zero-order valence-electron chi connectivity index (χ0n) is 18.7. The van der Waals surface area contributed by atoms with Gasteiger partial charge in [0.25, 0.3) is 0 Å². The van der Waals surface area contributed by atoms with Crippen molar-refractivity contribution in [3.8, 4) is 5.75 Å². The average Bonchev–Trinajstić information content (AvgIpc) is 3.25. The fourth-order valence-corrected chi connectivity index (χ4v) is 3.42. The van der Waals surface area contributed by atoms with Crippen molar-refractivity contribution in [3.63, 3.8) is 0 Å². The quantitative estimate of drug-likeness (QED) is 0.187. The number of halogens is 1. The van der Waals surface area contributed by atoms with Gasteiger partial charge in [0.2, 0.25) is 5.91 Å². The minimum absolute atomic E-state index is 0. The number of guanidine groups is 1. The van der Waals surface area contributed by atoms with Gasteiger partial charge in [-0.15, -0.1) is 24.0 Å². The van der Waals surface area contributed by atoms with Crippen LogP contribution in [0.4, 0.5) is 0 Å². The van der Waals surface area contributed by atoms with Crippen LogP contribution in [0.25, 0.3) is 0 Å². The maximum Gasteiger partial charge on any atom is 0.222 e. The summed E-state index contributed by atoms with van der Waals surface area (Å²) in [6, 6.07) is 8.51. The number of likely N-dealkylation sites (tertiary alicyclic amines) is 1. The molecule has 1 aromatic rings. The van der Waals surface area contributed by atoms with Gasteiger partial charge < -0.3 is 20.7 Å². The van der Waals surface area contributed by atoms with Crippen molar-refractivity contribution in [3.05, 3.63) is 29.8 Å². The van der Waals surface area contributed by atoms with Gasteiger partial charge in [-0.05, 0) is 50.6 Å². The summed E-state index contributed by atoms with van der Waals surface area (Å²) < 4.78 is 5.42. The highest BCUT2D eigenvalue weighted by Crippen LogP contribution is 2.27. The summed E-state index contributed by atoms with van der Waals surface area (Å²) in [6.45, 7) is 10.7. The van der Waals surface area contributed by atoms with E-state index in [1.54, 1.807) is 7.11 Å². The lowest BCUT2D eigenvalue weighted by atomic mass is 10.1. The van der Waals surface area contributed by atoms with Gasteiger partial charge in [-0.3, -0.25) is 14.7 Å². The minimum Gasteiger partial charge on any atom is -0.497 e. The predicted molar refractivity (Wildman–Crippen MR) is 134 cm³/mol. The van der Waals surface area contributed by atoms with Crippen molar-refractivity contribution in [2.45, 2.75) is 39.7 Å². The molecule has 8 heteroatoms. The molecule has 1 heterocycles. The second-order valence-electron chi connectivity index (χ2n) is 7.63. The number of amides is 1. The van der Waals surface area contributed by atoms with Crippen molar-refractivity contribution in [2.24, 2.45) is 10.9 Å². The molecule has 0 spiro atoms. The van der Waals surface area contributed by atoms with Crippen LogP contribution in [0.3, 0.4) is 0 Å². The van der Waals surface area contributed by atoms with Crippen LogP contribution in [0.2, 0.25) is 0 Å². The second-order valence-corrected chi connectivity index (χ2v) is 7.63. The molecular formula is C22H38IN5O2. The smallest absolute Gasteiger partial charge is 0.222 e. The molecule has 170 valence electrons. The highest BCUT2D eigenvalue weighted by molar-refractivity contribution is 14.0. The SMILES string of the molecule is CCNC(=NCC(c1cccc(OC)c1)N1CCCC1)NCCNC(=O)C(C)C.I. The normalized spacial score (nSPS) is 15.4. The third kappa shape index (κ3) is 8.67. The number of benzene rings is 1. The van der Waals surface area contributed by atoms with Gasteiger partial charge in [0.15, 0.2) is 5.96 Å². The van der Waals surface area contributed by atoms with Gasteiger partial charge >= 0.3 is 0 Å². The number of rotatable bonds is 10. The second kappa shape index (κ2) is 14.5. The van der Waals surface area contributed by atoms with Crippen LogP contribution in [0.15, 0.2) is 29.3 Å². The number of aliphatic imine (C=N–C) groups is 1. The number of carbonyl (C=O) groups excluding carboxylic acids is 1. The van der Waals surface area contributed by atoms with Crippen molar-refractivity contribution in [1.82, 2.24) is 20.9 Å². The first-order chi connectivity index (χ1) is 14.0. The Bertz CT molecular complexity index is 663. The molecule has 1 aliphatic heterocycles. The van der Waals surface area contributed by atoms with E-state index in [1.807, 2.05) is 26.0 Å². The van der Waals surface area contributed by atoms with E-state index in [9.17, 15) is 4.79 Å².